The van der Waals surface area contributed by atoms with Gasteiger partial charge in [0, 0.05) is 19.3 Å². The summed E-state index contributed by atoms with van der Waals surface area (Å²) in [6, 6.07) is 10.5. The summed E-state index contributed by atoms with van der Waals surface area (Å²) in [6.07, 6.45) is 4.41. The van der Waals surface area contributed by atoms with Gasteiger partial charge in [0.25, 0.3) is 0 Å². The van der Waals surface area contributed by atoms with E-state index < -0.39 is 0 Å². The van der Waals surface area contributed by atoms with Crippen LogP contribution in [-0.4, -0.2) is 29.5 Å². The SMILES string of the molecule is Cc1ccc(C(CNCc2ccccn2)N2CCCC2)o1. The average molecular weight is 285 g/mol. The maximum Gasteiger partial charge on any atom is 0.122 e. The third-order valence-corrected chi connectivity index (χ3v) is 4.04. The number of rotatable bonds is 6. The molecular formula is C17H23N3O. The molecule has 0 spiro atoms. The van der Waals surface area contributed by atoms with Crippen LogP contribution >= 0.6 is 0 Å². The van der Waals surface area contributed by atoms with Gasteiger partial charge in [-0.1, -0.05) is 6.07 Å². The Labute approximate surface area is 126 Å². The minimum absolute atomic E-state index is 0.324. The fraction of sp³-hybridized carbons (Fsp3) is 0.471. The lowest BCUT2D eigenvalue weighted by molar-refractivity contribution is 0.207. The zero-order chi connectivity index (χ0) is 14.5. The van der Waals surface area contributed by atoms with Crippen molar-refractivity contribution in [1.82, 2.24) is 15.2 Å². The topological polar surface area (TPSA) is 41.3 Å². The lowest BCUT2D eigenvalue weighted by Crippen LogP contribution is -2.33. The number of hydrogen-bond acceptors (Lipinski definition) is 4. The quantitative estimate of drug-likeness (QED) is 0.886. The molecule has 21 heavy (non-hydrogen) atoms. The van der Waals surface area contributed by atoms with Crippen LogP contribution in [0.5, 0.6) is 0 Å². The van der Waals surface area contributed by atoms with Gasteiger partial charge in [-0.15, -0.1) is 0 Å². The summed E-state index contributed by atoms with van der Waals surface area (Å²) in [7, 11) is 0. The van der Waals surface area contributed by atoms with Crippen molar-refractivity contribution in [2.24, 2.45) is 0 Å². The van der Waals surface area contributed by atoms with E-state index in [9.17, 15) is 0 Å². The highest BCUT2D eigenvalue weighted by Crippen LogP contribution is 2.26. The van der Waals surface area contributed by atoms with Crippen molar-refractivity contribution in [2.75, 3.05) is 19.6 Å². The number of pyridine rings is 1. The Bertz CT molecular complexity index is 546. The van der Waals surface area contributed by atoms with Gasteiger partial charge in [0.1, 0.15) is 11.5 Å². The Morgan fingerprint density at radius 1 is 1.24 bits per heavy atom. The number of likely N-dealkylation sites (tertiary alicyclic amines) is 1. The molecule has 2 aromatic rings. The molecule has 112 valence electrons. The molecule has 2 aromatic heterocycles. The Balaban J connectivity index is 1.62. The predicted octanol–water partition coefficient (Wildman–Crippen LogP) is 2.91. The van der Waals surface area contributed by atoms with Gasteiger partial charge >= 0.3 is 0 Å². The van der Waals surface area contributed by atoms with Crippen molar-refractivity contribution in [3.63, 3.8) is 0 Å². The second-order valence-corrected chi connectivity index (χ2v) is 5.66. The van der Waals surface area contributed by atoms with Crippen LogP contribution in [0.1, 0.15) is 36.1 Å². The van der Waals surface area contributed by atoms with E-state index in [-0.39, 0.29) is 0 Å². The standard InChI is InChI=1S/C17H23N3O/c1-14-7-8-17(21-14)16(20-10-4-5-11-20)13-18-12-15-6-2-3-9-19-15/h2-3,6-9,16,18H,4-5,10-13H2,1H3. The molecular weight excluding hydrogens is 262 g/mol. The van der Waals surface area contributed by atoms with Gasteiger partial charge in [-0.3, -0.25) is 9.88 Å². The minimum Gasteiger partial charge on any atom is -0.465 e. The highest BCUT2D eigenvalue weighted by atomic mass is 16.3. The van der Waals surface area contributed by atoms with E-state index in [1.54, 1.807) is 0 Å². The van der Waals surface area contributed by atoms with E-state index in [1.165, 1.54) is 12.8 Å². The van der Waals surface area contributed by atoms with E-state index in [1.807, 2.05) is 25.3 Å². The largest absolute Gasteiger partial charge is 0.465 e. The molecule has 4 heteroatoms. The summed E-state index contributed by atoms with van der Waals surface area (Å²) in [5, 5.41) is 3.52. The molecule has 3 rings (SSSR count). The van der Waals surface area contributed by atoms with Crippen LogP contribution in [0.4, 0.5) is 0 Å². The van der Waals surface area contributed by atoms with Crippen molar-refractivity contribution >= 4 is 0 Å². The fourth-order valence-corrected chi connectivity index (χ4v) is 2.94. The van der Waals surface area contributed by atoms with Crippen LogP contribution in [0.25, 0.3) is 0 Å². The van der Waals surface area contributed by atoms with E-state index in [0.717, 1.165) is 43.4 Å². The maximum atomic E-state index is 5.86. The number of nitrogens with zero attached hydrogens (tertiary/aromatic N) is 2. The van der Waals surface area contributed by atoms with E-state index in [4.69, 9.17) is 4.42 Å². The highest BCUT2D eigenvalue weighted by molar-refractivity contribution is 5.11. The first-order valence-electron chi connectivity index (χ1n) is 7.74. The second kappa shape index (κ2) is 6.87. The van der Waals surface area contributed by atoms with E-state index in [2.05, 4.69) is 33.4 Å². The monoisotopic (exact) mass is 285 g/mol. The summed E-state index contributed by atoms with van der Waals surface area (Å²) in [6.45, 7) is 6.02. The molecule has 0 saturated carbocycles. The van der Waals surface area contributed by atoms with Gasteiger partial charge in [0.05, 0.1) is 11.7 Å². The molecule has 1 unspecified atom stereocenters. The smallest absolute Gasteiger partial charge is 0.122 e. The molecule has 1 fully saturated rings. The molecule has 0 aromatic carbocycles. The van der Waals surface area contributed by atoms with Crippen molar-refractivity contribution < 1.29 is 4.42 Å². The molecule has 0 amide bonds. The summed E-state index contributed by atoms with van der Waals surface area (Å²) in [4.78, 5) is 6.87. The summed E-state index contributed by atoms with van der Waals surface area (Å²) >= 11 is 0. The third-order valence-electron chi connectivity index (χ3n) is 4.04. The molecule has 0 bridgehead atoms. The lowest BCUT2D eigenvalue weighted by Gasteiger charge is -2.26. The molecule has 1 aliphatic rings. The van der Waals surface area contributed by atoms with E-state index in [0.29, 0.717) is 6.04 Å². The van der Waals surface area contributed by atoms with Crippen molar-refractivity contribution in [1.29, 1.82) is 0 Å². The molecule has 1 saturated heterocycles. The molecule has 3 heterocycles. The van der Waals surface area contributed by atoms with Gasteiger partial charge in [0.15, 0.2) is 0 Å². The summed E-state index contributed by atoms with van der Waals surface area (Å²) < 4.78 is 5.86. The van der Waals surface area contributed by atoms with Gasteiger partial charge in [-0.05, 0) is 57.1 Å². The maximum absolute atomic E-state index is 5.86. The first-order valence-corrected chi connectivity index (χ1v) is 7.74. The zero-order valence-electron chi connectivity index (χ0n) is 12.6. The van der Waals surface area contributed by atoms with Crippen LogP contribution in [-0.2, 0) is 6.54 Å². The Hall–Kier alpha value is -1.65. The molecule has 1 aliphatic heterocycles. The number of hydrogen-bond donors (Lipinski definition) is 1. The first kappa shape index (κ1) is 14.3. The first-order chi connectivity index (χ1) is 10.3. The van der Waals surface area contributed by atoms with Crippen molar-refractivity contribution in [3.8, 4) is 0 Å². The van der Waals surface area contributed by atoms with Gasteiger partial charge < -0.3 is 9.73 Å². The Morgan fingerprint density at radius 3 is 2.76 bits per heavy atom. The van der Waals surface area contributed by atoms with Gasteiger partial charge in [0.2, 0.25) is 0 Å². The molecule has 0 radical (unpaired) electrons. The van der Waals surface area contributed by atoms with E-state index >= 15 is 0 Å². The van der Waals surface area contributed by atoms with Crippen LogP contribution < -0.4 is 5.32 Å². The van der Waals surface area contributed by atoms with Crippen LogP contribution in [0.2, 0.25) is 0 Å². The zero-order valence-corrected chi connectivity index (χ0v) is 12.6. The third kappa shape index (κ3) is 3.71. The minimum atomic E-state index is 0.324. The normalized spacial score (nSPS) is 17.2. The van der Waals surface area contributed by atoms with Gasteiger partial charge in [-0.2, -0.15) is 0 Å². The summed E-state index contributed by atoms with van der Waals surface area (Å²) in [5.41, 5.74) is 1.08. The summed E-state index contributed by atoms with van der Waals surface area (Å²) in [5.74, 6) is 2.06. The number of nitrogens with one attached hydrogen (secondary N) is 1. The highest BCUT2D eigenvalue weighted by Gasteiger charge is 2.25. The van der Waals surface area contributed by atoms with Crippen LogP contribution in [0.15, 0.2) is 40.9 Å². The van der Waals surface area contributed by atoms with Gasteiger partial charge in [-0.25, -0.2) is 0 Å². The predicted molar refractivity (Wildman–Crippen MR) is 82.9 cm³/mol. The number of aromatic nitrogens is 1. The average Bonchev–Trinajstić information content (AvgIpc) is 3.16. The second-order valence-electron chi connectivity index (χ2n) is 5.66. The number of furan rings is 1. The fourth-order valence-electron chi connectivity index (χ4n) is 2.94. The van der Waals surface area contributed by atoms with Crippen LogP contribution in [0.3, 0.4) is 0 Å². The lowest BCUT2D eigenvalue weighted by atomic mass is 10.2. The Morgan fingerprint density at radius 2 is 2.10 bits per heavy atom. The molecule has 0 aliphatic carbocycles. The Kier molecular flexibility index (Phi) is 4.68. The molecule has 1 N–H and O–H groups in total. The van der Waals surface area contributed by atoms with Crippen LogP contribution in [0, 0.1) is 6.92 Å². The van der Waals surface area contributed by atoms with Crippen molar-refractivity contribution in [2.45, 2.75) is 32.4 Å². The van der Waals surface area contributed by atoms with Crippen molar-refractivity contribution in [3.05, 3.63) is 53.7 Å². The number of aryl methyl sites for hydroxylation is 1. The molecule has 4 nitrogen and oxygen atoms in total. The molecule has 1 atom stereocenters.